The lowest BCUT2D eigenvalue weighted by atomic mass is 10.2. The maximum atomic E-state index is 12.4. The van der Waals surface area contributed by atoms with Crippen LogP contribution >= 0.6 is 11.8 Å². The van der Waals surface area contributed by atoms with Crippen LogP contribution in [0.2, 0.25) is 0 Å². The Kier molecular flexibility index (Phi) is 6.98. The van der Waals surface area contributed by atoms with Gasteiger partial charge in [-0.15, -0.1) is 11.8 Å². The summed E-state index contributed by atoms with van der Waals surface area (Å²) in [5.74, 6) is 1.53. The normalized spacial score (nSPS) is 11.5. The number of thioether (sulfide) groups is 1. The minimum atomic E-state index is -0.220. The molecule has 0 radical (unpaired) electrons. The lowest BCUT2D eigenvalue weighted by Gasteiger charge is -2.13. The second-order valence-corrected chi connectivity index (χ2v) is 7.64. The Morgan fingerprint density at radius 1 is 0.929 bits per heavy atom. The van der Waals surface area contributed by atoms with Crippen LogP contribution < -0.4 is 14.8 Å². The van der Waals surface area contributed by atoms with E-state index in [1.807, 2.05) is 85.8 Å². The number of methoxy groups -OCH3 is 1. The van der Waals surface area contributed by atoms with E-state index < -0.39 is 0 Å². The highest BCUT2D eigenvalue weighted by Crippen LogP contribution is 2.26. The zero-order valence-corrected chi connectivity index (χ0v) is 16.7. The number of nitrogens with one attached hydrogen (secondary N) is 1. The minimum Gasteiger partial charge on any atom is -0.497 e. The molecule has 1 atom stereocenters. The van der Waals surface area contributed by atoms with E-state index in [4.69, 9.17) is 9.47 Å². The molecule has 3 aromatic rings. The summed E-state index contributed by atoms with van der Waals surface area (Å²) in [7, 11) is 1.64. The predicted octanol–water partition coefficient (Wildman–Crippen LogP) is 5.39. The largest absolute Gasteiger partial charge is 0.497 e. The van der Waals surface area contributed by atoms with Gasteiger partial charge in [-0.25, -0.2) is 0 Å². The lowest BCUT2D eigenvalue weighted by Crippen LogP contribution is -2.22. The zero-order chi connectivity index (χ0) is 19.8. The Morgan fingerprint density at radius 3 is 2.21 bits per heavy atom. The smallest absolute Gasteiger partial charge is 0.237 e. The van der Waals surface area contributed by atoms with Crippen molar-refractivity contribution in [3.63, 3.8) is 0 Å². The Balaban J connectivity index is 1.50. The molecule has 3 rings (SSSR count). The Bertz CT molecular complexity index is 880. The SMILES string of the molecule is COc1ccc(S[C@@H](C)C(=O)Nc2ccc(OCc3ccccc3)cc2)cc1. The molecule has 144 valence electrons. The van der Waals surface area contributed by atoms with Gasteiger partial charge in [0.25, 0.3) is 0 Å². The molecule has 0 aliphatic carbocycles. The van der Waals surface area contributed by atoms with E-state index in [0.717, 1.165) is 27.6 Å². The Morgan fingerprint density at radius 2 is 1.57 bits per heavy atom. The molecule has 0 unspecified atom stereocenters. The fraction of sp³-hybridized carbons (Fsp3) is 0.174. The molecule has 0 aliphatic rings. The molecule has 4 nitrogen and oxygen atoms in total. The molecule has 5 heteroatoms. The Hall–Kier alpha value is -2.92. The number of anilines is 1. The van der Waals surface area contributed by atoms with Crippen molar-refractivity contribution in [1.82, 2.24) is 0 Å². The number of carbonyl (C=O) groups is 1. The number of ether oxygens (including phenoxy) is 2. The van der Waals surface area contributed by atoms with Gasteiger partial charge in [0.2, 0.25) is 5.91 Å². The van der Waals surface area contributed by atoms with Crippen LogP contribution in [0.5, 0.6) is 11.5 Å². The third-order valence-corrected chi connectivity index (χ3v) is 5.22. The number of hydrogen-bond acceptors (Lipinski definition) is 4. The first-order valence-electron chi connectivity index (χ1n) is 9.02. The van der Waals surface area contributed by atoms with Crippen molar-refractivity contribution in [1.29, 1.82) is 0 Å². The number of hydrogen-bond donors (Lipinski definition) is 1. The fourth-order valence-electron chi connectivity index (χ4n) is 2.53. The molecule has 3 aromatic carbocycles. The molecular formula is C23H23NO3S. The second kappa shape index (κ2) is 9.85. The van der Waals surface area contributed by atoms with Crippen LogP contribution in [0, 0.1) is 0 Å². The second-order valence-electron chi connectivity index (χ2n) is 6.22. The highest BCUT2D eigenvalue weighted by atomic mass is 32.2. The molecule has 0 fully saturated rings. The van der Waals surface area contributed by atoms with E-state index in [9.17, 15) is 4.79 Å². The molecule has 1 amide bonds. The van der Waals surface area contributed by atoms with E-state index >= 15 is 0 Å². The standard InChI is InChI=1S/C23H23NO3S/c1-17(28-22-14-12-20(26-2)13-15-22)23(25)24-19-8-10-21(11-9-19)27-16-18-6-4-3-5-7-18/h3-15,17H,16H2,1-2H3,(H,24,25)/t17-/m0/s1. The summed E-state index contributed by atoms with van der Waals surface area (Å²) in [5.41, 5.74) is 1.86. The van der Waals surface area contributed by atoms with Crippen LogP contribution in [0.15, 0.2) is 83.8 Å². The van der Waals surface area contributed by atoms with Crippen molar-refractivity contribution in [2.75, 3.05) is 12.4 Å². The van der Waals surface area contributed by atoms with E-state index in [2.05, 4.69) is 5.32 Å². The van der Waals surface area contributed by atoms with E-state index in [0.29, 0.717) is 6.61 Å². The van der Waals surface area contributed by atoms with Crippen molar-refractivity contribution < 1.29 is 14.3 Å². The maximum absolute atomic E-state index is 12.4. The van der Waals surface area contributed by atoms with Gasteiger partial charge in [-0.2, -0.15) is 0 Å². The van der Waals surface area contributed by atoms with Gasteiger partial charge in [-0.05, 0) is 61.0 Å². The minimum absolute atomic E-state index is 0.0428. The summed E-state index contributed by atoms with van der Waals surface area (Å²) in [6.07, 6.45) is 0. The maximum Gasteiger partial charge on any atom is 0.237 e. The first-order chi connectivity index (χ1) is 13.6. The average molecular weight is 394 g/mol. The lowest BCUT2D eigenvalue weighted by molar-refractivity contribution is -0.115. The van der Waals surface area contributed by atoms with Crippen molar-refractivity contribution in [3.05, 3.63) is 84.4 Å². The van der Waals surface area contributed by atoms with Crippen molar-refractivity contribution in [3.8, 4) is 11.5 Å². The fourth-order valence-corrected chi connectivity index (χ4v) is 3.40. The van der Waals surface area contributed by atoms with E-state index in [1.54, 1.807) is 7.11 Å². The number of carbonyl (C=O) groups excluding carboxylic acids is 1. The molecular weight excluding hydrogens is 370 g/mol. The quantitative estimate of drug-likeness (QED) is 0.521. The molecule has 0 bridgehead atoms. The van der Waals surface area contributed by atoms with Gasteiger partial charge in [0, 0.05) is 10.6 Å². The highest BCUT2D eigenvalue weighted by molar-refractivity contribution is 8.00. The van der Waals surface area contributed by atoms with Crippen LogP contribution in [0.25, 0.3) is 0 Å². The highest BCUT2D eigenvalue weighted by Gasteiger charge is 2.14. The third-order valence-electron chi connectivity index (χ3n) is 4.11. The molecule has 1 N–H and O–H groups in total. The zero-order valence-electron chi connectivity index (χ0n) is 15.9. The Labute approximate surface area is 169 Å². The monoisotopic (exact) mass is 393 g/mol. The van der Waals surface area contributed by atoms with Crippen LogP contribution in [0.4, 0.5) is 5.69 Å². The van der Waals surface area contributed by atoms with Crippen molar-refractivity contribution in [2.45, 2.75) is 23.7 Å². The first-order valence-corrected chi connectivity index (χ1v) is 9.90. The molecule has 0 aromatic heterocycles. The van der Waals surface area contributed by atoms with Crippen LogP contribution in [0.3, 0.4) is 0 Å². The summed E-state index contributed by atoms with van der Waals surface area (Å²) in [6.45, 7) is 2.41. The number of amides is 1. The molecule has 0 saturated carbocycles. The van der Waals surface area contributed by atoms with Gasteiger partial charge in [0.05, 0.1) is 12.4 Å². The van der Waals surface area contributed by atoms with Crippen LogP contribution in [0.1, 0.15) is 12.5 Å². The van der Waals surface area contributed by atoms with Gasteiger partial charge >= 0.3 is 0 Å². The number of benzene rings is 3. The molecule has 28 heavy (non-hydrogen) atoms. The molecule has 0 heterocycles. The summed E-state index contributed by atoms with van der Waals surface area (Å²) in [4.78, 5) is 13.5. The molecule has 0 spiro atoms. The van der Waals surface area contributed by atoms with E-state index in [1.165, 1.54) is 11.8 Å². The topological polar surface area (TPSA) is 47.6 Å². The van der Waals surface area contributed by atoms with E-state index in [-0.39, 0.29) is 11.2 Å². The van der Waals surface area contributed by atoms with Gasteiger partial charge in [0.15, 0.2) is 0 Å². The summed E-state index contributed by atoms with van der Waals surface area (Å²) < 4.78 is 10.9. The van der Waals surface area contributed by atoms with Gasteiger partial charge in [-0.3, -0.25) is 4.79 Å². The van der Waals surface area contributed by atoms with Crippen molar-refractivity contribution >= 4 is 23.4 Å². The summed E-state index contributed by atoms with van der Waals surface area (Å²) in [5, 5.41) is 2.73. The third kappa shape index (κ3) is 5.79. The van der Waals surface area contributed by atoms with Crippen LogP contribution in [-0.2, 0) is 11.4 Å². The van der Waals surface area contributed by atoms with Crippen LogP contribution in [-0.4, -0.2) is 18.3 Å². The predicted molar refractivity (Wildman–Crippen MR) is 114 cm³/mol. The van der Waals surface area contributed by atoms with Gasteiger partial charge < -0.3 is 14.8 Å². The van der Waals surface area contributed by atoms with Gasteiger partial charge in [-0.1, -0.05) is 30.3 Å². The molecule has 0 aliphatic heterocycles. The first kappa shape index (κ1) is 19.8. The van der Waals surface area contributed by atoms with Crippen molar-refractivity contribution in [2.24, 2.45) is 0 Å². The average Bonchev–Trinajstić information content (AvgIpc) is 2.74. The number of rotatable bonds is 8. The summed E-state index contributed by atoms with van der Waals surface area (Å²) >= 11 is 1.51. The van der Waals surface area contributed by atoms with Gasteiger partial charge in [0.1, 0.15) is 18.1 Å². The summed E-state index contributed by atoms with van der Waals surface area (Å²) in [6, 6.07) is 25.1. The molecule has 0 saturated heterocycles.